The molecule has 0 bridgehead atoms. The van der Waals surface area contributed by atoms with Crippen molar-refractivity contribution in [2.24, 2.45) is 0 Å². The Labute approximate surface area is 129 Å². The minimum absolute atomic E-state index is 0.177. The van der Waals surface area contributed by atoms with E-state index in [0.29, 0.717) is 0 Å². The second-order valence-electron chi connectivity index (χ2n) is 6.42. The third kappa shape index (κ3) is 5.27. The zero-order valence-electron chi connectivity index (χ0n) is 13.6. The zero-order chi connectivity index (χ0) is 15.1. The summed E-state index contributed by atoms with van der Waals surface area (Å²) in [5.74, 6) is 0. The fourth-order valence-electron chi connectivity index (χ4n) is 2.73. The lowest BCUT2D eigenvalue weighted by molar-refractivity contribution is -0.00934. The number of nitrogens with one attached hydrogen (secondary N) is 1. The molecular formula is C18H28N2O. The molecule has 0 aliphatic carbocycles. The van der Waals surface area contributed by atoms with E-state index in [4.69, 9.17) is 4.74 Å². The van der Waals surface area contributed by atoms with Crippen LogP contribution in [0.15, 0.2) is 35.9 Å². The first-order chi connectivity index (χ1) is 10.1. The fourth-order valence-corrected chi connectivity index (χ4v) is 2.73. The SMILES string of the molecule is C/C(=C/c1ccccc1)CNCC(C)(C)N1CCOCC1. The van der Waals surface area contributed by atoms with Crippen LogP contribution in [0, 0.1) is 0 Å². The summed E-state index contributed by atoms with van der Waals surface area (Å²) in [4.78, 5) is 2.51. The molecule has 0 amide bonds. The highest BCUT2D eigenvalue weighted by Gasteiger charge is 2.27. The second kappa shape index (κ2) is 7.74. The van der Waals surface area contributed by atoms with Crippen LogP contribution in [-0.4, -0.2) is 49.8 Å². The molecule has 0 radical (unpaired) electrons. The Kier molecular flexibility index (Phi) is 5.97. The zero-order valence-corrected chi connectivity index (χ0v) is 13.6. The molecule has 1 aliphatic heterocycles. The van der Waals surface area contributed by atoms with Crippen molar-refractivity contribution in [3.05, 3.63) is 41.5 Å². The van der Waals surface area contributed by atoms with E-state index in [2.05, 4.69) is 67.4 Å². The number of morpholine rings is 1. The molecule has 0 spiro atoms. The molecule has 0 aromatic heterocycles. The summed E-state index contributed by atoms with van der Waals surface area (Å²) in [5, 5.41) is 3.59. The van der Waals surface area contributed by atoms with Gasteiger partial charge in [-0.05, 0) is 26.3 Å². The number of hydrogen-bond donors (Lipinski definition) is 1. The average molecular weight is 288 g/mol. The van der Waals surface area contributed by atoms with E-state index in [-0.39, 0.29) is 5.54 Å². The molecule has 0 atom stereocenters. The third-order valence-corrected chi connectivity index (χ3v) is 4.04. The molecule has 1 saturated heterocycles. The normalized spacial score (nSPS) is 18.0. The first kappa shape index (κ1) is 16.2. The van der Waals surface area contributed by atoms with Gasteiger partial charge in [0, 0.05) is 31.7 Å². The monoisotopic (exact) mass is 288 g/mol. The maximum Gasteiger partial charge on any atom is 0.0594 e. The summed E-state index contributed by atoms with van der Waals surface area (Å²) in [5.41, 5.74) is 2.81. The van der Waals surface area contributed by atoms with Crippen molar-refractivity contribution in [1.29, 1.82) is 0 Å². The molecule has 1 N–H and O–H groups in total. The molecule has 3 heteroatoms. The van der Waals surface area contributed by atoms with Gasteiger partial charge < -0.3 is 10.1 Å². The molecule has 1 aromatic carbocycles. The maximum absolute atomic E-state index is 5.43. The van der Waals surface area contributed by atoms with Gasteiger partial charge in [0.15, 0.2) is 0 Å². The summed E-state index contributed by atoms with van der Waals surface area (Å²) in [6.45, 7) is 12.5. The second-order valence-corrected chi connectivity index (χ2v) is 6.42. The number of rotatable bonds is 6. The van der Waals surface area contributed by atoms with Crippen LogP contribution in [0.3, 0.4) is 0 Å². The van der Waals surface area contributed by atoms with E-state index in [1.165, 1.54) is 11.1 Å². The van der Waals surface area contributed by atoms with Crippen LogP contribution in [0.25, 0.3) is 6.08 Å². The van der Waals surface area contributed by atoms with Crippen molar-refractivity contribution in [1.82, 2.24) is 10.2 Å². The summed E-state index contributed by atoms with van der Waals surface area (Å²) in [6.07, 6.45) is 2.24. The number of hydrogen-bond acceptors (Lipinski definition) is 3. The van der Waals surface area contributed by atoms with Crippen LogP contribution in [0.2, 0.25) is 0 Å². The Balaban J connectivity index is 1.79. The highest BCUT2D eigenvalue weighted by atomic mass is 16.5. The van der Waals surface area contributed by atoms with Crippen LogP contribution < -0.4 is 5.32 Å². The van der Waals surface area contributed by atoms with Crippen molar-refractivity contribution in [3.63, 3.8) is 0 Å². The van der Waals surface area contributed by atoms with Gasteiger partial charge in [-0.25, -0.2) is 0 Å². The number of ether oxygens (including phenoxy) is 1. The first-order valence-corrected chi connectivity index (χ1v) is 7.84. The standard InChI is InChI=1S/C18H28N2O/c1-16(13-17-7-5-4-6-8-17)14-19-15-18(2,3)20-9-11-21-12-10-20/h4-8,13,19H,9-12,14-15H2,1-3H3/b16-13-. The highest BCUT2D eigenvalue weighted by Crippen LogP contribution is 2.15. The van der Waals surface area contributed by atoms with Crippen molar-refractivity contribution < 1.29 is 4.74 Å². The van der Waals surface area contributed by atoms with Gasteiger partial charge in [0.2, 0.25) is 0 Å². The van der Waals surface area contributed by atoms with Gasteiger partial charge in [-0.1, -0.05) is 42.0 Å². The molecule has 0 unspecified atom stereocenters. The minimum Gasteiger partial charge on any atom is -0.379 e. The Morgan fingerprint density at radius 3 is 2.57 bits per heavy atom. The van der Waals surface area contributed by atoms with Gasteiger partial charge in [0.1, 0.15) is 0 Å². The molecule has 1 heterocycles. The summed E-state index contributed by atoms with van der Waals surface area (Å²) < 4.78 is 5.43. The van der Waals surface area contributed by atoms with Crippen LogP contribution in [-0.2, 0) is 4.74 Å². The Hall–Kier alpha value is -1.16. The summed E-state index contributed by atoms with van der Waals surface area (Å²) in [6, 6.07) is 10.5. The maximum atomic E-state index is 5.43. The summed E-state index contributed by atoms with van der Waals surface area (Å²) >= 11 is 0. The van der Waals surface area contributed by atoms with E-state index < -0.39 is 0 Å². The van der Waals surface area contributed by atoms with Gasteiger partial charge in [-0.15, -0.1) is 0 Å². The Morgan fingerprint density at radius 1 is 1.24 bits per heavy atom. The van der Waals surface area contributed by atoms with Crippen LogP contribution >= 0.6 is 0 Å². The minimum atomic E-state index is 0.177. The molecule has 2 rings (SSSR count). The van der Waals surface area contributed by atoms with Crippen molar-refractivity contribution in [3.8, 4) is 0 Å². The van der Waals surface area contributed by atoms with Crippen molar-refractivity contribution in [2.45, 2.75) is 26.3 Å². The predicted molar refractivity (Wildman–Crippen MR) is 89.4 cm³/mol. The van der Waals surface area contributed by atoms with Crippen molar-refractivity contribution >= 4 is 6.08 Å². The fraction of sp³-hybridized carbons (Fsp3) is 0.556. The van der Waals surface area contributed by atoms with Crippen LogP contribution in [0.5, 0.6) is 0 Å². The van der Waals surface area contributed by atoms with Gasteiger partial charge in [-0.3, -0.25) is 4.90 Å². The van der Waals surface area contributed by atoms with E-state index in [1.54, 1.807) is 0 Å². The largest absolute Gasteiger partial charge is 0.379 e. The Bertz CT molecular complexity index is 448. The first-order valence-electron chi connectivity index (χ1n) is 7.84. The lowest BCUT2D eigenvalue weighted by Gasteiger charge is -2.41. The quantitative estimate of drug-likeness (QED) is 0.871. The number of benzene rings is 1. The van der Waals surface area contributed by atoms with E-state index in [1.807, 2.05) is 0 Å². The van der Waals surface area contributed by atoms with Crippen LogP contribution in [0.1, 0.15) is 26.3 Å². The average Bonchev–Trinajstić information content (AvgIpc) is 2.49. The molecule has 3 nitrogen and oxygen atoms in total. The number of nitrogens with zero attached hydrogens (tertiary/aromatic N) is 1. The molecule has 1 aliphatic rings. The van der Waals surface area contributed by atoms with Gasteiger partial charge in [-0.2, -0.15) is 0 Å². The lowest BCUT2D eigenvalue weighted by Crippen LogP contribution is -2.54. The van der Waals surface area contributed by atoms with Crippen molar-refractivity contribution in [2.75, 3.05) is 39.4 Å². The molecule has 1 fully saturated rings. The topological polar surface area (TPSA) is 24.5 Å². The third-order valence-electron chi connectivity index (χ3n) is 4.04. The van der Waals surface area contributed by atoms with Gasteiger partial charge >= 0.3 is 0 Å². The smallest absolute Gasteiger partial charge is 0.0594 e. The molecule has 1 aromatic rings. The highest BCUT2D eigenvalue weighted by molar-refractivity contribution is 5.52. The van der Waals surface area contributed by atoms with Gasteiger partial charge in [0.25, 0.3) is 0 Å². The van der Waals surface area contributed by atoms with Crippen LogP contribution in [0.4, 0.5) is 0 Å². The van der Waals surface area contributed by atoms with Gasteiger partial charge in [0.05, 0.1) is 13.2 Å². The molecular weight excluding hydrogens is 260 g/mol. The van der Waals surface area contributed by atoms with E-state index in [0.717, 1.165) is 39.4 Å². The van der Waals surface area contributed by atoms with E-state index >= 15 is 0 Å². The summed E-state index contributed by atoms with van der Waals surface area (Å²) in [7, 11) is 0. The lowest BCUT2D eigenvalue weighted by atomic mass is 10.0. The predicted octanol–water partition coefficient (Wildman–Crippen LogP) is 2.79. The molecule has 116 valence electrons. The van der Waals surface area contributed by atoms with E-state index in [9.17, 15) is 0 Å². The molecule has 0 saturated carbocycles. The molecule has 21 heavy (non-hydrogen) atoms. The Morgan fingerprint density at radius 2 is 1.90 bits per heavy atom.